The van der Waals surface area contributed by atoms with Crippen LogP contribution >= 0.6 is 0 Å². The Kier molecular flexibility index (Phi) is 2.59. The maximum atomic E-state index is 5.93. The highest BCUT2D eigenvalue weighted by atomic mass is 16.5. The van der Waals surface area contributed by atoms with Crippen molar-refractivity contribution >= 4 is 5.82 Å². The molecule has 5 heteroatoms. The van der Waals surface area contributed by atoms with Crippen LogP contribution in [0.2, 0.25) is 0 Å². The Hall–Kier alpha value is -2.56. The molecular weight excluding hydrogens is 240 g/mol. The summed E-state index contributed by atoms with van der Waals surface area (Å²) in [5, 5.41) is 10.6. The number of aromatic nitrogens is 3. The van der Waals surface area contributed by atoms with Gasteiger partial charge in [0.05, 0.1) is 5.56 Å². The number of aryl methyl sites for hydroxylation is 2. The fourth-order valence-electron chi connectivity index (χ4n) is 2.04. The van der Waals surface area contributed by atoms with Crippen molar-refractivity contribution in [3.8, 4) is 22.6 Å². The summed E-state index contributed by atoms with van der Waals surface area (Å²) in [6, 6.07) is 7.99. The summed E-state index contributed by atoms with van der Waals surface area (Å²) in [5.74, 6) is 0.992. The van der Waals surface area contributed by atoms with E-state index in [1.54, 1.807) is 6.20 Å². The lowest BCUT2D eigenvalue weighted by Crippen LogP contribution is -1.90. The molecule has 0 aliphatic carbocycles. The standard InChI is InChI=1S/C14H14N4O/c1-8-3-4-10(7-9(8)2)12-13(19-18-14(12)15)11-5-6-16-17-11/h3-7H,1-2H3,(H2,15,18)(H,16,17). The number of nitrogen functional groups attached to an aromatic ring is 1. The minimum atomic E-state index is 0.382. The van der Waals surface area contributed by atoms with Gasteiger partial charge in [0.25, 0.3) is 0 Å². The number of hydrogen-bond acceptors (Lipinski definition) is 4. The molecule has 3 N–H and O–H groups in total. The number of H-pyrrole nitrogens is 1. The zero-order valence-electron chi connectivity index (χ0n) is 10.8. The Morgan fingerprint density at radius 2 is 2.00 bits per heavy atom. The monoisotopic (exact) mass is 254 g/mol. The van der Waals surface area contributed by atoms with Crippen LogP contribution in [0.3, 0.4) is 0 Å². The van der Waals surface area contributed by atoms with Crippen LogP contribution < -0.4 is 5.73 Å². The second-order valence-electron chi connectivity index (χ2n) is 4.54. The van der Waals surface area contributed by atoms with Crippen LogP contribution in [0, 0.1) is 13.8 Å². The van der Waals surface area contributed by atoms with Crippen LogP contribution in [-0.2, 0) is 0 Å². The number of benzene rings is 1. The van der Waals surface area contributed by atoms with Crippen molar-refractivity contribution in [1.29, 1.82) is 0 Å². The molecule has 1 aromatic carbocycles. The van der Waals surface area contributed by atoms with Crippen molar-refractivity contribution in [2.45, 2.75) is 13.8 Å². The normalized spacial score (nSPS) is 10.8. The number of rotatable bonds is 2. The SMILES string of the molecule is Cc1ccc(-c2c(N)noc2-c2ccn[nH]2)cc1C. The highest BCUT2D eigenvalue weighted by Gasteiger charge is 2.18. The number of aromatic amines is 1. The predicted molar refractivity (Wildman–Crippen MR) is 73.4 cm³/mol. The second kappa shape index (κ2) is 4.28. The molecule has 3 rings (SSSR count). The molecule has 2 heterocycles. The number of hydrogen-bond donors (Lipinski definition) is 2. The average Bonchev–Trinajstić information content (AvgIpc) is 3.01. The first-order chi connectivity index (χ1) is 9.16. The fourth-order valence-corrected chi connectivity index (χ4v) is 2.04. The summed E-state index contributed by atoms with van der Waals surface area (Å²) in [4.78, 5) is 0. The Bertz CT molecular complexity index is 713. The molecular formula is C14H14N4O. The summed E-state index contributed by atoms with van der Waals surface area (Å²) in [7, 11) is 0. The molecule has 0 bridgehead atoms. The molecule has 0 spiro atoms. The summed E-state index contributed by atoms with van der Waals surface area (Å²) in [6.07, 6.45) is 1.66. The first-order valence-electron chi connectivity index (χ1n) is 5.99. The number of nitrogens with one attached hydrogen (secondary N) is 1. The quantitative estimate of drug-likeness (QED) is 0.736. The van der Waals surface area contributed by atoms with E-state index in [0.29, 0.717) is 11.6 Å². The van der Waals surface area contributed by atoms with Crippen LogP contribution in [-0.4, -0.2) is 15.4 Å². The van der Waals surface area contributed by atoms with Gasteiger partial charge in [-0.2, -0.15) is 5.10 Å². The van der Waals surface area contributed by atoms with Gasteiger partial charge in [-0.3, -0.25) is 5.10 Å². The lowest BCUT2D eigenvalue weighted by atomic mass is 9.99. The maximum Gasteiger partial charge on any atom is 0.194 e. The molecule has 3 aromatic rings. The van der Waals surface area contributed by atoms with Crippen LogP contribution in [0.15, 0.2) is 35.0 Å². The molecule has 2 aromatic heterocycles. The predicted octanol–water partition coefficient (Wildman–Crippen LogP) is 2.93. The van der Waals surface area contributed by atoms with Gasteiger partial charge < -0.3 is 10.3 Å². The van der Waals surface area contributed by atoms with E-state index in [1.807, 2.05) is 12.1 Å². The fraction of sp³-hybridized carbons (Fsp3) is 0.143. The van der Waals surface area contributed by atoms with Gasteiger partial charge in [0.1, 0.15) is 5.69 Å². The summed E-state index contributed by atoms with van der Waals surface area (Å²) < 4.78 is 5.32. The van der Waals surface area contributed by atoms with Crippen molar-refractivity contribution in [2.75, 3.05) is 5.73 Å². The average molecular weight is 254 g/mol. The van der Waals surface area contributed by atoms with E-state index in [4.69, 9.17) is 10.3 Å². The van der Waals surface area contributed by atoms with Crippen molar-refractivity contribution < 1.29 is 4.52 Å². The van der Waals surface area contributed by atoms with Gasteiger partial charge in [-0.1, -0.05) is 23.4 Å². The van der Waals surface area contributed by atoms with Crippen molar-refractivity contribution in [2.24, 2.45) is 0 Å². The lowest BCUT2D eigenvalue weighted by Gasteiger charge is -2.05. The second-order valence-corrected chi connectivity index (χ2v) is 4.54. The third-order valence-corrected chi connectivity index (χ3v) is 3.26. The Labute approximate surface area is 110 Å². The lowest BCUT2D eigenvalue weighted by molar-refractivity contribution is 0.434. The van der Waals surface area contributed by atoms with E-state index >= 15 is 0 Å². The summed E-state index contributed by atoms with van der Waals surface area (Å²) in [6.45, 7) is 4.14. The largest absolute Gasteiger partial charge is 0.380 e. The minimum absolute atomic E-state index is 0.382. The van der Waals surface area contributed by atoms with Gasteiger partial charge >= 0.3 is 0 Å². The summed E-state index contributed by atoms with van der Waals surface area (Å²) >= 11 is 0. The molecule has 19 heavy (non-hydrogen) atoms. The van der Waals surface area contributed by atoms with Crippen LogP contribution in [0.4, 0.5) is 5.82 Å². The third kappa shape index (κ3) is 1.89. The summed E-state index contributed by atoms with van der Waals surface area (Å²) in [5.41, 5.74) is 10.9. The van der Waals surface area contributed by atoms with E-state index in [-0.39, 0.29) is 0 Å². The van der Waals surface area contributed by atoms with Gasteiger partial charge in [-0.05, 0) is 36.6 Å². The third-order valence-electron chi connectivity index (χ3n) is 3.26. The van der Waals surface area contributed by atoms with Crippen molar-refractivity contribution in [3.63, 3.8) is 0 Å². The van der Waals surface area contributed by atoms with Crippen molar-refractivity contribution in [3.05, 3.63) is 41.6 Å². The number of nitrogens with two attached hydrogens (primary N) is 1. The Morgan fingerprint density at radius 1 is 1.16 bits per heavy atom. The van der Waals surface area contributed by atoms with E-state index < -0.39 is 0 Å². The van der Waals surface area contributed by atoms with E-state index in [9.17, 15) is 0 Å². The molecule has 5 nitrogen and oxygen atoms in total. The smallest absolute Gasteiger partial charge is 0.194 e. The van der Waals surface area contributed by atoms with Crippen LogP contribution in [0.1, 0.15) is 11.1 Å². The van der Waals surface area contributed by atoms with Gasteiger partial charge in [-0.25, -0.2) is 0 Å². The molecule has 0 aliphatic rings. The maximum absolute atomic E-state index is 5.93. The van der Waals surface area contributed by atoms with Crippen LogP contribution in [0.25, 0.3) is 22.6 Å². The first kappa shape index (κ1) is 11.5. The van der Waals surface area contributed by atoms with Crippen molar-refractivity contribution in [1.82, 2.24) is 15.4 Å². The Morgan fingerprint density at radius 3 is 2.68 bits per heavy atom. The van der Waals surface area contributed by atoms with E-state index in [1.165, 1.54) is 11.1 Å². The van der Waals surface area contributed by atoms with E-state index in [0.717, 1.165) is 16.8 Å². The molecule has 0 aliphatic heterocycles. The van der Waals surface area contributed by atoms with Gasteiger partial charge in [0, 0.05) is 6.20 Å². The minimum Gasteiger partial charge on any atom is -0.380 e. The topological polar surface area (TPSA) is 80.7 Å². The molecule has 0 unspecified atom stereocenters. The molecule has 0 saturated heterocycles. The zero-order valence-corrected chi connectivity index (χ0v) is 10.8. The molecule has 0 saturated carbocycles. The molecule has 96 valence electrons. The molecule has 0 radical (unpaired) electrons. The first-order valence-corrected chi connectivity index (χ1v) is 5.99. The highest BCUT2D eigenvalue weighted by molar-refractivity contribution is 5.85. The zero-order chi connectivity index (χ0) is 13.4. The molecule has 0 amide bonds. The highest BCUT2D eigenvalue weighted by Crippen LogP contribution is 2.36. The Balaban J connectivity index is 2.19. The van der Waals surface area contributed by atoms with Gasteiger partial charge in [0.2, 0.25) is 0 Å². The van der Waals surface area contributed by atoms with Gasteiger partial charge in [0.15, 0.2) is 11.6 Å². The number of anilines is 1. The molecule has 0 fully saturated rings. The van der Waals surface area contributed by atoms with Gasteiger partial charge in [-0.15, -0.1) is 0 Å². The van der Waals surface area contributed by atoms with Crippen LogP contribution in [0.5, 0.6) is 0 Å². The molecule has 0 atom stereocenters. The number of nitrogens with zero attached hydrogens (tertiary/aromatic N) is 2. The van der Waals surface area contributed by atoms with E-state index in [2.05, 4.69) is 41.3 Å².